The van der Waals surface area contributed by atoms with Crippen molar-refractivity contribution >= 4 is 52.8 Å². The summed E-state index contributed by atoms with van der Waals surface area (Å²) in [5, 5.41) is 14.1. The van der Waals surface area contributed by atoms with Crippen LogP contribution in [-0.2, 0) is 28.7 Å². The van der Waals surface area contributed by atoms with E-state index < -0.39 is 47.3 Å². The Morgan fingerprint density at radius 3 is 1.98 bits per heavy atom. The number of hydrogen-bond acceptors (Lipinski definition) is 9. The van der Waals surface area contributed by atoms with E-state index in [9.17, 15) is 33.9 Å². The maximum absolute atomic E-state index is 13.0. The number of methoxy groups -OCH3 is 1. The molecule has 1 aliphatic heterocycles. The van der Waals surface area contributed by atoms with Gasteiger partial charge in [-0.3, -0.25) is 28.9 Å². The summed E-state index contributed by atoms with van der Waals surface area (Å²) in [5.41, 5.74) is 0.235. The second-order valence-corrected chi connectivity index (χ2v) is 13.0. The highest BCUT2D eigenvalue weighted by Gasteiger charge is 2.40. The van der Waals surface area contributed by atoms with E-state index in [4.69, 9.17) is 4.74 Å². The van der Waals surface area contributed by atoms with Crippen LogP contribution in [0.3, 0.4) is 0 Å². The number of carbonyl (C=O) groups excluding carboxylic acids is 6. The monoisotopic (exact) mass is 733 g/mol. The Balaban J connectivity index is 1.70. The van der Waals surface area contributed by atoms with Gasteiger partial charge in [0.15, 0.2) is 5.78 Å². The van der Waals surface area contributed by atoms with Crippen molar-refractivity contribution in [2.75, 3.05) is 24.7 Å². The SMILES string of the molecule is CC/C=C\C/C=C\C/C=C\C/C=C\C/C=C\C/C=C\CCC(=O)NC(CSC1CC(=O)N(CC(=O)Nc2ccc(O)c(C(C)=O)c2)C1=O)C(=O)OC. The topological polar surface area (TPSA) is 159 Å². The van der Waals surface area contributed by atoms with E-state index >= 15 is 0 Å². The van der Waals surface area contributed by atoms with Gasteiger partial charge in [-0.05, 0) is 70.1 Å². The zero-order valence-electron chi connectivity index (χ0n) is 30.3. The number of carbonyl (C=O) groups is 6. The molecule has 0 saturated carbocycles. The van der Waals surface area contributed by atoms with Gasteiger partial charge in [-0.2, -0.15) is 0 Å². The third kappa shape index (κ3) is 16.8. The number of allylic oxidation sites excluding steroid dienone is 12. The van der Waals surface area contributed by atoms with Gasteiger partial charge in [0.05, 0.1) is 17.9 Å². The number of imide groups is 1. The lowest BCUT2D eigenvalue weighted by Gasteiger charge is -2.18. The van der Waals surface area contributed by atoms with E-state index in [0.717, 1.165) is 55.2 Å². The van der Waals surface area contributed by atoms with Crippen LogP contribution >= 0.6 is 11.8 Å². The number of rotatable bonds is 23. The molecule has 3 N–H and O–H groups in total. The zero-order valence-corrected chi connectivity index (χ0v) is 31.1. The van der Waals surface area contributed by atoms with Gasteiger partial charge in [0.25, 0.3) is 0 Å². The molecule has 12 heteroatoms. The lowest BCUT2D eigenvalue weighted by atomic mass is 10.1. The Morgan fingerprint density at radius 2 is 1.44 bits per heavy atom. The van der Waals surface area contributed by atoms with E-state index in [2.05, 4.69) is 78.3 Å². The predicted octanol–water partition coefficient (Wildman–Crippen LogP) is 6.53. The van der Waals surface area contributed by atoms with Crippen molar-refractivity contribution in [2.24, 2.45) is 0 Å². The van der Waals surface area contributed by atoms with Gasteiger partial charge in [-0.25, -0.2) is 4.79 Å². The third-order valence-corrected chi connectivity index (χ3v) is 8.88. The number of benzene rings is 1. The lowest BCUT2D eigenvalue weighted by molar-refractivity contribution is -0.144. The summed E-state index contributed by atoms with van der Waals surface area (Å²) < 4.78 is 4.83. The first-order valence-corrected chi connectivity index (χ1v) is 18.5. The molecule has 0 aliphatic carbocycles. The number of phenols is 1. The van der Waals surface area contributed by atoms with Crippen LogP contribution in [-0.4, -0.2) is 76.1 Å². The first-order valence-electron chi connectivity index (χ1n) is 17.4. The lowest BCUT2D eigenvalue weighted by Crippen LogP contribution is -2.44. The van der Waals surface area contributed by atoms with Gasteiger partial charge < -0.3 is 20.5 Å². The second-order valence-electron chi connectivity index (χ2n) is 11.8. The number of phenolic OH excluding ortho intramolecular Hbond substituents is 1. The molecule has 1 heterocycles. The summed E-state index contributed by atoms with van der Waals surface area (Å²) in [6.45, 7) is 2.85. The number of likely N-dealkylation sites (tertiary alicyclic amines) is 1. The Morgan fingerprint density at radius 1 is 0.885 bits per heavy atom. The van der Waals surface area contributed by atoms with Crippen molar-refractivity contribution in [1.29, 1.82) is 0 Å². The standard InChI is InChI=1S/C40H51N3O8S/c1-4-5-6-7-8-9-10-11-12-13-14-15-16-17-18-19-20-21-22-23-36(46)42-33(40(50)51-3)29-52-35-27-38(48)43(39(35)49)28-37(47)41-31-24-25-34(45)32(26-31)30(2)44/h5-6,8-9,11-12,14-15,17-18,20-21,24-26,33,35,45H,4,7,10,13,16,19,22-23,27-29H2,1-3H3,(H,41,47)(H,42,46)/b6-5-,9-8-,12-11-,15-14-,18-17-,21-20-. The number of anilines is 1. The van der Waals surface area contributed by atoms with Crippen molar-refractivity contribution in [3.05, 3.63) is 96.7 Å². The van der Waals surface area contributed by atoms with Crippen molar-refractivity contribution in [3.8, 4) is 5.75 Å². The fraction of sp³-hybridized carbons (Fsp3) is 0.400. The molecular weight excluding hydrogens is 683 g/mol. The maximum atomic E-state index is 13.0. The van der Waals surface area contributed by atoms with Crippen molar-refractivity contribution in [3.63, 3.8) is 0 Å². The number of nitrogens with zero attached hydrogens (tertiary/aromatic N) is 1. The van der Waals surface area contributed by atoms with Crippen molar-refractivity contribution < 1.29 is 38.6 Å². The predicted molar refractivity (Wildman–Crippen MR) is 206 cm³/mol. The minimum Gasteiger partial charge on any atom is -0.507 e. The number of hydrogen-bond donors (Lipinski definition) is 3. The number of nitrogens with one attached hydrogen (secondary N) is 2. The molecule has 280 valence electrons. The first kappa shape index (κ1) is 43.2. The van der Waals surface area contributed by atoms with E-state index in [0.29, 0.717) is 6.42 Å². The Labute approximate surface area is 311 Å². The minimum absolute atomic E-state index is 0.0105. The molecule has 0 spiro atoms. The Bertz CT molecular complexity index is 1560. The van der Waals surface area contributed by atoms with E-state index in [-0.39, 0.29) is 41.5 Å². The van der Waals surface area contributed by atoms with E-state index in [1.807, 2.05) is 12.2 Å². The molecule has 1 saturated heterocycles. The summed E-state index contributed by atoms with van der Waals surface area (Å²) in [4.78, 5) is 75.6. The van der Waals surface area contributed by atoms with Gasteiger partial charge >= 0.3 is 5.97 Å². The quantitative estimate of drug-likeness (QED) is 0.0374. The van der Waals surface area contributed by atoms with Crippen molar-refractivity contribution in [1.82, 2.24) is 10.2 Å². The van der Waals surface area contributed by atoms with E-state index in [1.54, 1.807) is 0 Å². The van der Waals surface area contributed by atoms with Gasteiger partial charge in [0, 0.05) is 24.3 Å². The van der Waals surface area contributed by atoms with Crippen LogP contribution in [0.2, 0.25) is 0 Å². The number of thioether (sulfide) groups is 1. The first-order chi connectivity index (χ1) is 25.1. The minimum atomic E-state index is -1.03. The zero-order chi connectivity index (χ0) is 38.1. The number of ketones is 1. The van der Waals surface area contributed by atoms with Crippen molar-refractivity contribution in [2.45, 2.75) is 82.9 Å². The van der Waals surface area contributed by atoms with E-state index in [1.165, 1.54) is 32.2 Å². The van der Waals surface area contributed by atoms with Crippen LogP contribution in [0.25, 0.3) is 0 Å². The van der Waals surface area contributed by atoms with Crippen LogP contribution in [0.4, 0.5) is 5.69 Å². The molecule has 52 heavy (non-hydrogen) atoms. The molecule has 1 aromatic rings. The molecule has 4 amide bonds. The number of aromatic hydroxyl groups is 1. The van der Waals surface area contributed by atoms with Gasteiger partial charge in [-0.1, -0.05) is 79.8 Å². The average Bonchev–Trinajstić information content (AvgIpc) is 3.38. The number of amides is 4. The van der Waals surface area contributed by atoms with Crippen LogP contribution < -0.4 is 10.6 Å². The highest BCUT2D eigenvalue weighted by Crippen LogP contribution is 2.26. The number of esters is 1. The summed E-state index contributed by atoms with van der Waals surface area (Å²) >= 11 is 1.02. The molecule has 0 bridgehead atoms. The molecule has 2 atom stereocenters. The third-order valence-electron chi connectivity index (χ3n) is 7.58. The number of Topliss-reactive ketones (excluding diaryl/α,β-unsaturated/α-hetero) is 1. The second kappa shape index (κ2) is 25.1. The molecule has 1 fully saturated rings. The fourth-order valence-corrected chi connectivity index (χ4v) is 6.01. The van der Waals surface area contributed by atoms with Crippen LogP contribution in [0.15, 0.2) is 91.1 Å². The smallest absolute Gasteiger partial charge is 0.329 e. The molecule has 1 aliphatic rings. The molecule has 1 aromatic carbocycles. The summed E-state index contributed by atoms with van der Waals surface area (Å²) in [5.74, 6) is -3.49. The van der Waals surface area contributed by atoms with Crippen LogP contribution in [0, 0.1) is 0 Å². The highest BCUT2D eigenvalue weighted by molar-refractivity contribution is 8.00. The Hall–Kier alpha value is -4.97. The highest BCUT2D eigenvalue weighted by atomic mass is 32.2. The van der Waals surface area contributed by atoms with Gasteiger partial charge in [0.2, 0.25) is 23.6 Å². The molecule has 0 aromatic heterocycles. The Kier molecular flexibility index (Phi) is 20.8. The molecule has 2 unspecified atom stereocenters. The van der Waals surface area contributed by atoms with Gasteiger partial charge in [-0.15, -0.1) is 11.8 Å². The molecule has 11 nitrogen and oxygen atoms in total. The molecule has 0 radical (unpaired) electrons. The largest absolute Gasteiger partial charge is 0.507 e. The summed E-state index contributed by atoms with van der Waals surface area (Å²) in [7, 11) is 1.20. The molecule has 2 rings (SSSR count). The number of ether oxygens (including phenoxy) is 1. The maximum Gasteiger partial charge on any atom is 0.329 e. The average molecular weight is 734 g/mol. The fourth-order valence-electron chi connectivity index (χ4n) is 4.83. The summed E-state index contributed by atoms with van der Waals surface area (Å²) in [6.07, 6.45) is 31.2. The normalized spacial score (nSPS) is 15.7. The summed E-state index contributed by atoms with van der Waals surface area (Å²) in [6, 6.07) is 2.91. The van der Waals surface area contributed by atoms with Gasteiger partial charge in [0.1, 0.15) is 18.3 Å². The van der Waals surface area contributed by atoms with Crippen LogP contribution in [0.5, 0.6) is 5.75 Å². The molecular formula is C40H51N3O8S. The van der Waals surface area contributed by atoms with Crippen LogP contribution in [0.1, 0.15) is 82.0 Å².